The highest BCUT2D eigenvalue weighted by Gasteiger charge is 1.98. The van der Waals surface area contributed by atoms with Gasteiger partial charge in [0, 0.05) is 26.0 Å². The maximum absolute atomic E-state index is 8.08. The topological polar surface area (TPSA) is 48.8 Å². The lowest BCUT2D eigenvalue weighted by Crippen LogP contribution is -1.78. The molecule has 0 radical (unpaired) electrons. The van der Waals surface area contributed by atoms with E-state index in [0.717, 1.165) is 14.5 Å². The van der Waals surface area contributed by atoms with Gasteiger partial charge in [0.1, 0.15) is 0 Å². The first-order valence-corrected chi connectivity index (χ1v) is 5.45. The van der Waals surface area contributed by atoms with Gasteiger partial charge in [-0.3, -0.25) is 0 Å². The zero-order chi connectivity index (χ0) is 10.4. The number of azide groups is 1. The number of nitrogens with zero attached hydrogens (tertiary/aromatic N) is 3. The molecule has 0 spiro atoms. The quantitative estimate of drug-likeness (QED) is 0.447. The lowest BCUT2D eigenvalue weighted by atomic mass is 10.2. The van der Waals surface area contributed by atoms with Crippen molar-refractivity contribution in [2.45, 2.75) is 0 Å². The minimum absolute atomic E-state index is 0.365. The molecule has 0 atom stereocenters. The van der Waals surface area contributed by atoms with Crippen molar-refractivity contribution in [1.82, 2.24) is 0 Å². The molecule has 0 saturated heterocycles. The molecule has 0 fully saturated rings. The minimum Gasteiger partial charge on any atom is -0.0899 e. The largest absolute Gasteiger partial charge is 0.0899 e. The third kappa shape index (κ3) is 3.18. The van der Waals surface area contributed by atoms with Gasteiger partial charge in [0.2, 0.25) is 0 Å². The summed E-state index contributed by atoms with van der Waals surface area (Å²) in [5.74, 6) is 0. The number of halogens is 2. The van der Waals surface area contributed by atoms with E-state index in [0.29, 0.717) is 6.54 Å². The smallest absolute Gasteiger partial charge is 0.0443 e. The highest BCUT2D eigenvalue weighted by atomic mass is 79.9. The normalized spacial score (nSPS) is 10.1. The summed E-state index contributed by atoms with van der Waals surface area (Å²) in [4.78, 5) is 2.66. The van der Waals surface area contributed by atoms with Gasteiger partial charge in [0.15, 0.2) is 0 Å². The Morgan fingerprint density at radius 3 is 2.57 bits per heavy atom. The van der Waals surface area contributed by atoms with E-state index in [-0.39, 0.29) is 0 Å². The molecule has 0 aliphatic heterocycles. The number of rotatable bonds is 3. The van der Waals surface area contributed by atoms with Gasteiger partial charge in [-0.05, 0) is 17.7 Å². The third-order valence-electron chi connectivity index (χ3n) is 1.53. The third-order valence-corrected chi connectivity index (χ3v) is 2.92. The first-order chi connectivity index (χ1) is 6.75. The Balaban J connectivity index is 2.85. The Kier molecular flexibility index (Phi) is 4.73. The summed E-state index contributed by atoms with van der Waals surface area (Å²) in [6, 6.07) is 5.86. The summed E-state index contributed by atoms with van der Waals surface area (Å²) in [5, 5.41) is 3.41. The molecule has 0 saturated carbocycles. The molecule has 1 aromatic carbocycles. The van der Waals surface area contributed by atoms with Crippen LogP contribution in [0.5, 0.6) is 0 Å². The molecule has 0 aliphatic rings. The predicted octanol–water partition coefficient (Wildman–Crippen LogP) is 4.54. The second-order valence-corrected chi connectivity index (χ2v) is 4.16. The Labute approximate surface area is 98.7 Å². The number of hydrogen-bond acceptors (Lipinski definition) is 1. The van der Waals surface area contributed by atoms with E-state index in [1.165, 1.54) is 0 Å². The second-order valence-electron chi connectivity index (χ2n) is 2.45. The summed E-state index contributed by atoms with van der Waals surface area (Å²) in [6.45, 7) is 0.365. The lowest BCUT2D eigenvalue weighted by Gasteiger charge is -2.00. The van der Waals surface area contributed by atoms with Gasteiger partial charge in [0.05, 0.1) is 0 Å². The van der Waals surface area contributed by atoms with Gasteiger partial charge < -0.3 is 0 Å². The van der Waals surface area contributed by atoms with Crippen molar-refractivity contribution in [2.75, 3.05) is 6.54 Å². The lowest BCUT2D eigenvalue weighted by molar-refractivity contribution is 1.22. The van der Waals surface area contributed by atoms with Crippen molar-refractivity contribution in [1.29, 1.82) is 0 Å². The molecule has 14 heavy (non-hydrogen) atoms. The van der Waals surface area contributed by atoms with E-state index in [1.807, 2.05) is 30.4 Å². The van der Waals surface area contributed by atoms with Crippen LogP contribution >= 0.6 is 31.9 Å². The van der Waals surface area contributed by atoms with Gasteiger partial charge in [-0.15, -0.1) is 0 Å². The summed E-state index contributed by atoms with van der Waals surface area (Å²) in [7, 11) is 0. The molecule has 0 unspecified atom stereocenters. The van der Waals surface area contributed by atoms with Crippen molar-refractivity contribution >= 4 is 37.9 Å². The minimum atomic E-state index is 0.365. The molecule has 0 N–H and O–H groups in total. The van der Waals surface area contributed by atoms with Crippen LogP contribution in [0.25, 0.3) is 16.5 Å². The van der Waals surface area contributed by atoms with Crippen LogP contribution in [-0.2, 0) is 0 Å². The van der Waals surface area contributed by atoms with Crippen molar-refractivity contribution < 1.29 is 0 Å². The molecule has 0 aromatic heterocycles. The summed E-state index contributed by atoms with van der Waals surface area (Å²) < 4.78 is 2.01. The van der Waals surface area contributed by atoms with Crippen LogP contribution in [0, 0.1) is 0 Å². The molecule has 5 heteroatoms. The molecule has 1 rings (SSSR count). The van der Waals surface area contributed by atoms with Crippen LogP contribution < -0.4 is 0 Å². The van der Waals surface area contributed by atoms with Gasteiger partial charge in [-0.1, -0.05) is 55.2 Å². The fourth-order valence-electron chi connectivity index (χ4n) is 0.924. The van der Waals surface area contributed by atoms with E-state index >= 15 is 0 Å². The highest BCUT2D eigenvalue weighted by Crippen LogP contribution is 2.26. The fourth-order valence-corrected chi connectivity index (χ4v) is 2.19. The van der Waals surface area contributed by atoms with E-state index in [2.05, 4.69) is 41.9 Å². The Morgan fingerprint density at radius 2 is 2.00 bits per heavy atom. The van der Waals surface area contributed by atoms with Crippen LogP contribution in [-0.4, -0.2) is 6.54 Å². The van der Waals surface area contributed by atoms with Crippen molar-refractivity contribution in [3.05, 3.63) is 49.2 Å². The summed E-state index contributed by atoms with van der Waals surface area (Å²) in [5.41, 5.74) is 9.12. The average Bonchev–Trinajstić information content (AvgIpc) is 2.16. The zero-order valence-corrected chi connectivity index (χ0v) is 10.4. The highest BCUT2D eigenvalue weighted by molar-refractivity contribution is 9.11. The second kappa shape index (κ2) is 5.86. The SMILES string of the molecule is [N-]=[N+]=NCC=Cc1c(Br)cccc1Br. The van der Waals surface area contributed by atoms with E-state index in [9.17, 15) is 0 Å². The Bertz CT molecular complexity index is 375. The molecule has 0 aliphatic carbocycles. The molecule has 3 nitrogen and oxygen atoms in total. The van der Waals surface area contributed by atoms with Crippen molar-refractivity contribution in [2.24, 2.45) is 5.11 Å². The first kappa shape index (κ1) is 11.3. The summed E-state index contributed by atoms with van der Waals surface area (Å²) in [6.07, 6.45) is 3.72. The van der Waals surface area contributed by atoms with Crippen molar-refractivity contribution in [3.63, 3.8) is 0 Å². The van der Waals surface area contributed by atoms with E-state index in [4.69, 9.17) is 5.53 Å². The van der Waals surface area contributed by atoms with Crippen LogP contribution in [0.1, 0.15) is 5.56 Å². The molecule has 1 aromatic rings. The molecule has 72 valence electrons. The Morgan fingerprint density at radius 1 is 1.36 bits per heavy atom. The van der Waals surface area contributed by atoms with Gasteiger partial charge >= 0.3 is 0 Å². The van der Waals surface area contributed by atoms with Crippen LogP contribution in [0.3, 0.4) is 0 Å². The monoisotopic (exact) mass is 315 g/mol. The number of benzene rings is 1. The van der Waals surface area contributed by atoms with Crippen molar-refractivity contribution in [3.8, 4) is 0 Å². The average molecular weight is 317 g/mol. The van der Waals surface area contributed by atoms with Crippen LogP contribution in [0.15, 0.2) is 38.3 Å². The molecule has 0 amide bonds. The maximum Gasteiger partial charge on any atom is 0.0443 e. The van der Waals surface area contributed by atoms with Gasteiger partial charge in [-0.25, -0.2) is 0 Å². The zero-order valence-electron chi connectivity index (χ0n) is 7.19. The van der Waals surface area contributed by atoms with Gasteiger partial charge in [0.25, 0.3) is 0 Å². The molecular formula is C9H7Br2N3. The Hall–Kier alpha value is -0.770. The summed E-state index contributed by atoms with van der Waals surface area (Å²) >= 11 is 6.86. The van der Waals surface area contributed by atoms with Gasteiger partial charge in [-0.2, -0.15) is 0 Å². The fraction of sp³-hybridized carbons (Fsp3) is 0.111. The predicted molar refractivity (Wildman–Crippen MR) is 64.9 cm³/mol. The maximum atomic E-state index is 8.08. The molecule has 0 bridgehead atoms. The van der Waals surface area contributed by atoms with E-state index in [1.54, 1.807) is 0 Å². The molecule has 0 heterocycles. The van der Waals surface area contributed by atoms with Crippen LogP contribution in [0.2, 0.25) is 0 Å². The van der Waals surface area contributed by atoms with Crippen LogP contribution in [0.4, 0.5) is 0 Å². The molecular weight excluding hydrogens is 310 g/mol. The first-order valence-electron chi connectivity index (χ1n) is 3.87. The van der Waals surface area contributed by atoms with E-state index < -0.39 is 0 Å². The number of hydrogen-bond donors (Lipinski definition) is 0. The standard InChI is InChI=1S/C9H7Br2N3/c10-8-4-1-5-9(11)7(8)3-2-6-13-14-12/h1-5H,6H2.